The van der Waals surface area contributed by atoms with E-state index in [1.807, 2.05) is 36.4 Å². The van der Waals surface area contributed by atoms with Crippen molar-refractivity contribution in [1.82, 2.24) is 0 Å². The van der Waals surface area contributed by atoms with E-state index in [1.54, 1.807) is 24.3 Å². The van der Waals surface area contributed by atoms with E-state index in [-0.39, 0.29) is 31.8 Å². The third kappa shape index (κ3) is 16.7. The summed E-state index contributed by atoms with van der Waals surface area (Å²) in [5.74, 6) is -0.740. The van der Waals surface area contributed by atoms with Crippen LogP contribution in [0.3, 0.4) is 0 Å². The summed E-state index contributed by atoms with van der Waals surface area (Å²) in [6.45, 7) is 6.20. The van der Waals surface area contributed by atoms with Crippen LogP contribution in [0.25, 0.3) is 0 Å². The van der Waals surface area contributed by atoms with Crippen LogP contribution in [0.1, 0.15) is 6.42 Å². The molecule has 0 spiro atoms. The van der Waals surface area contributed by atoms with Gasteiger partial charge in [0.25, 0.3) is 0 Å². The Morgan fingerprint density at radius 3 is 1.58 bits per heavy atom. The molecule has 2 atom stereocenters. The largest absolute Gasteiger partial charge is 0.491 e. The minimum atomic E-state index is -1.10. The Labute approximate surface area is 192 Å². The SMILES string of the molecule is C=C(CC(O)COc1ccccc1)C(=O)O.C=CC(=O)O.OCC(O)COc1ccccc1. The molecule has 0 saturated carbocycles. The number of aliphatic hydroxyl groups is 3. The molecule has 2 aromatic rings. The topological polar surface area (TPSA) is 154 Å². The van der Waals surface area contributed by atoms with E-state index in [9.17, 15) is 14.7 Å². The highest BCUT2D eigenvalue weighted by molar-refractivity contribution is 5.85. The van der Waals surface area contributed by atoms with Gasteiger partial charge in [-0.1, -0.05) is 49.6 Å². The number of aliphatic hydroxyl groups excluding tert-OH is 3. The number of benzene rings is 2. The Morgan fingerprint density at radius 1 is 0.848 bits per heavy atom. The molecule has 0 saturated heterocycles. The van der Waals surface area contributed by atoms with Gasteiger partial charge >= 0.3 is 11.9 Å². The summed E-state index contributed by atoms with van der Waals surface area (Å²) in [5, 5.41) is 43.1. The summed E-state index contributed by atoms with van der Waals surface area (Å²) in [5.41, 5.74) is -0.0239. The lowest BCUT2D eigenvalue weighted by molar-refractivity contribution is -0.133. The van der Waals surface area contributed by atoms with E-state index < -0.39 is 24.1 Å². The Kier molecular flexibility index (Phi) is 16.0. The Bertz CT molecular complexity index is 822. The van der Waals surface area contributed by atoms with Gasteiger partial charge in [0.1, 0.15) is 30.8 Å². The van der Waals surface area contributed by atoms with Gasteiger partial charge in [-0.25, -0.2) is 9.59 Å². The number of aliphatic carboxylic acids is 2. The van der Waals surface area contributed by atoms with E-state index in [0.717, 1.165) is 6.08 Å². The van der Waals surface area contributed by atoms with Gasteiger partial charge in [0.05, 0.1) is 12.7 Å². The quantitative estimate of drug-likeness (QED) is 0.316. The maximum Gasteiger partial charge on any atom is 0.331 e. The Morgan fingerprint density at radius 2 is 1.24 bits per heavy atom. The van der Waals surface area contributed by atoms with Crippen LogP contribution in [-0.2, 0) is 9.59 Å². The second-order valence-corrected chi connectivity index (χ2v) is 6.39. The first kappa shape index (κ1) is 29.3. The standard InChI is InChI=1S/C12H14O4.C9H12O3.C3H4O2/c1-9(12(14)15)7-10(13)8-16-11-5-3-2-4-6-11;10-6-8(11)7-12-9-4-2-1-3-5-9;1-2-3(4)5/h2-6,10,13H,1,7-8H2,(H,14,15);1-5,8,10-11H,6-7H2;2H,1H2,(H,4,5). The molecule has 2 rings (SSSR count). The first-order valence-electron chi connectivity index (χ1n) is 9.78. The van der Waals surface area contributed by atoms with E-state index in [0.29, 0.717) is 11.5 Å². The monoisotopic (exact) mass is 462 g/mol. The summed E-state index contributed by atoms with van der Waals surface area (Å²) in [6, 6.07) is 18.2. The third-order valence-corrected chi connectivity index (χ3v) is 3.54. The van der Waals surface area contributed by atoms with Gasteiger partial charge < -0.3 is 35.0 Å². The van der Waals surface area contributed by atoms with Crippen LogP contribution in [0.15, 0.2) is 85.5 Å². The van der Waals surface area contributed by atoms with Crippen molar-refractivity contribution in [2.45, 2.75) is 18.6 Å². The van der Waals surface area contributed by atoms with Crippen molar-refractivity contribution in [2.24, 2.45) is 0 Å². The maximum absolute atomic E-state index is 10.5. The zero-order chi connectivity index (χ0) is 25.1. The van der Waals surface area contributed by atoms with Crippen LogP contribution >= 0.6 is 0 Å². The zero-order valence-electron chi connectivity index (χ0n) is 18.1. The smallest absolute Gasteiger partial charge is 0.331 e. The van der Waals surface area contributed by atoms with Gasteiger partial charge in [-0.3, -0.25) is 0 Å². The van der Waals surface area contributed by atoms with Gasteiger partial charge in [-0.15, -0.1) is 0 Å². The van der Waals surface area contributed by atoms with Crippen molar-refractivity contribution < 1.29 is 44.6 Å². The molecule has 9 heteroatoms. The number of hydrogen-bond acceptors (Lipinski definition) is 7. The van der Waals surface area contributed by atoms with Crippen LogP contribution in [0.2, 0.25) is 0 Å². The van der Waals surface area contributed by atoms with E-state index in [2.05, 4.69) is 13.2 Å². The maximum atomic E-state index is 10.5. The van der Waals surface area contributed by atoms with Crippen molar-refractivity contribution in [1.29, 1.82) is 0 Å². The average Bonchev–Trinajstić information content (AvgIpc) is 2.83. The molecule has 0 aliphatic heterocycles. The van der Waals surface area contributed by atoms with Crippen LogP contribution in [-0.4, -0.2) is 69.5 Å². The van der Waals surface area contributed by atoms with Crippen molar-refractivity contribution in [2.75, 3.05) is 19.8 Å². The highest BCUT2D eigenvalue weighted by Crippen LogP contribution is 2.11. The fourth-order valence-electron chi connectivity index (χ4n) is 1.90. The van der Waals surface area contributed by atoms with Gasteiger partial charge in [0.15, 0.2) is 0 Å². The summed E-state index contributed by atoms with van der Waals surface area (Å²) in [6.07, 6.45) is -0.823. The fourth-order valence-corrected chi connectivity index (χ4v) is 1.90. The molecule has 0 bridgehead atoms. The van der Waals surface area contributed by atoms with Crippen molar-refractivity contribution >= 4 is 11.9 Å². The summed E-state index contributed by atoms with van der Waals surface area (Å²) in [7, 11) is 0. The van der Waals surface area contributed by atoms with Gasteiger partial charge in [0, 0.05) is 18.1 Å². The van der Waals surface area contributed by atoms with Crippen molar-refractivity contribution in [3.63, 3.8) is 0 Å². The van der Waals surface area contributed by atoms with Crippen LogP contribution in [0.5, 0.6) is 11.5 Å². The number of carboxylic acids is 2. The number of para-hydroxylation sites is 2. The lowest BCUT2D eigenvalue weighted by Gasteiger charge is -2.11. The molecule has 0 aromatic heterocycles. The normalized spacial score (nSPS) is 11.2. The second-order valence-electron chi connectivity index (χ2n) is 6.39. The lowest BCUT2D eigenvalue weighted by atomic mass is 10.1. The molecule has 0 radical (unpaired) electrons. The van der Waals surface area contributed by atoms with Crippen LogP contribution in [0.4, 0.5) is 0 Å². The fraction of sp³-hybridized carbons (Fsp3) is 0.250. The molecule has 2 aromatic carbocycles. The van der Waals surface area contributed by atoms with Crippen molar-refractivity contribution in [3.8, 4) is 11.5 Å². The lowest BCUT2D eigenvalue weighted by Crippen LogP contribution is -2.21. The first-order valence-corrected chi connectivity index (χ1v) is 9.78. The highest BCUT2D eigenvalue weighted by atomic mass is 16.5. The highest BCUT2D eigenvalue weighted by Gasteiger charge is 2.12. The Balaban J connectivity index is 0.000000530. The van der Waals surface area contributed by atoms with Crippen LogP contribution in [0, 0.1) is 0 Å². The summed E-state index contributed by atoms with van der Waals surface area (Å²) < 4.78 is 10.4. The number of hydrogen-bond donors (Lipinski definition) is 5. The molecule has 0 aliphatic rings. The van der Waals surface area contributed by atoms with Gasteiger partial charge in [-0.2, -0.15) is 0 Å². The molecule has 0 amide bonds. The van der Waals surface area contributed by atoms with E-state index in [1.165, 1.54) is 0 Å². The molecule has 2 unspecified atom stereocenters. The molecule has 0 heterocycles. The Hall–Kier alpha value is -3.66. The molecule has 9 nitrogen and oxygen atoms in total. The number of rotatable bonds is 11. The second kappa shape index (κ2) is 18.0. The first-order chi connectivity index (χ1) is 15.7. The van der Waals surface area contributed by atoms with Crippen molar-refractivity contribution in [3.05, 3.63) is 85.5 Å². The minimum absolute atomic E-state index is 0.00215. The summed E-state index contributed by atoms with van der Waals surface area (Å²) in [4.78, 5) is 19.7. The number of carbonyl (C=O) groups is 2. The van der Waals surface area contributed by atoms with E-state index in [4.69, 9.17) is 29.9 Å². The van der Waals surface area contributed by atoms with Crippen LogP contribution < -0.4 is 9.47 Å². The predicted octanol–water partition coefficient (Wildman–Crippen LogP) is 2.13. The molecule has 5 N–H and O–H groups in total. The third-order valence-electron chi connectivity index (χ3n) is 3.54. The minimum Gasteiger partial charge on any atom is -0.491 e. The molecular weight excluding hydrogens is 432 g/mol. The van der Waals surface area contributed by atoms with E-state index >= 15 is 0 Å². The number of carboxylic acid groups (broad SMARTS) is 2. The zero-order valence-corrected chi connectivity index (χ0v) is 18.1. The number of ether oxygens (including phenoxy) is 2. The average molecular weight is 462 g/mol. The molecule has 0 fully saturated rings. The molecule has 0 aliphatic carbocycles. The van der Waals surface area contributed by atoms with Gasteiger partial charge in [0.2, 0.25) is 0 Å². The molecule has 180 valence electrons. The predicted molar refractivity (Wildman–Crippen MR) is 122 cm³/mol. The summed E-state index contributed by atoms with van der Waals surface area (Å²) >= 11 is 0. The molecular formula is C24H30O9. The van der Waals surface area contributed by atoms with Gasteiger partial charge in [-0.05, 0) is 24.3 Å². The molecule has 33 heavy (non-hydrogen) atoms.